The highest BCUT2D eigenvalue weighted by molar-refractivity contribution is 7.10. The molecule has 1 amide bonds. The second-order valence-electron chi connectivity index (χ2n) is 5.53. The minimum absolute atomic E-state index is 0.0193. The minimum Gasteiger partial charge on any atom is -0.354 e. The molecule has 1 N–H and O–H groups in total. The summed E-state index contributed by atoms with van der Waals surface area (Å²) in [5.41, 5.74) is 4.63. The lowest BCUT2D eigenvalue weighted by atomic mass is 10.1. The Hall–Kier alpha value is -1.62. The zero-order chi connectivity index (χ0) is 15.6. The Kier molecular flexibility index (Phi) is 4.83. The van der Waals surface area contributed by atoms with E-state index in [9.17, 15) is 4.79 Å². The fourth-order valence-electron chi connectivity index (χ4n) is 2.43. The van der Waals surface area contributed by atoms with Crippen LogP contribution in [0.3, 0.4) is 0 Å². The molecule has 0 unspecified atom stereocenters. The molecule has 2 aromatic rings. The highest BCUT2D eigenvalue weighted by Crippen LogP contribution is 2.20. The van der Waals surface area contributed by atoms with E-state index in [2.05, 4.69) is 29.6 Å². The van der Waals surface area contributed by atoms with Gasteiger partial charge in [-0.25, -0.2) is 0 Å². The van der Waals surface area contributed by atoms with Crippen LogP contribution < -0.4 is 5.32 Å². The van der Waals surface area contributed by atoms with Crippen LogP contribution in [-0.2, 0) is 11.2 Å². The zero-order valence-corrected chi connectivity index (χ0v) is 14.2. The van der Waals surface area contributed by atoms with E-state index in [-0.39, 0.29) is 11.9 Å². The van der Waals surface area contributed by atoms with Gasteiger partial charge in [0.15, 0.2) is 0 Å². The first-order valence-corrected chi connectivity index (χ1v) is 8.12. The third kappa shape index (κ3) is 3.53. The van der Waals surface area contributed by atoms with Crippen LogP contribution >= 0.6 is 11.3 Å². The second-order valence-corrected chi connectivity index (χ2v) is 6.61. The molecular weight excluding hydrogens is 282 g/mol. The number of nitrogens with one attached hydrogen (secondary N) is 1. The van der Waals surface area contributed by atoms with Crippen LogP contribution in [0.4, 0.5) is 0 Å². The van der Waals surface area contributed by atoms with Gasteiger partial charge in [-0.05, 0) is 63.6 Å². The van der Waals surface area contributed by atoms with Gasteiger partial charge in [-0.1, -0.05) is 0 Å². The number of carbonyl (C=O) groups is 1. The standard InChI is InChI=1S/C16H23N3OS/c1-10-8-11(2)19(18-10)13(4)16(20)17-7-6-15-9-21-14(5)12(15)3/h8-9,13H,6-7H2,1-5H3,(H,17,20)/t13-/m1/s1. The number of thiophene rings is 1. The molecule has 0 aliphatic heterocycles. The predicted molar refractivity (Wildman–Crippen MR) is 86.9 cm³/mol. The summed E-state index contributed by atoms with van der Waals surface area (Å²) in [6.45, 7) is 10.7. The van der Waals surface area contributed by atoms with Crippen molar-refractivity contribution >= 4 is 17.2 Å². The first kappa shape index (κ1) is 15.8. The topological polar surface area (TPSA) is 46.9 Å². The SMILES string of the molecule is Cc1cc(C)n([C@H](C)C(=O)NCCc2csc(C)c2C)n1. The average Bonchev–Trinajstić information content (AvgIpc) is 2.93. The highest BCUT2D eigenvalue weighted by atomic mass is 32.1. The van der Waals surface area contributed by atoms with Crippen molar-refractivity contribution in [2.24, 2.45) is 0 Å². The lowest BCUT2D eigenvalue weighted by molar-refractivity contribution is -0.124. The van der Waals surface area contributed by atoms with Gasteiger partial charge in [0.2, 0.25) is 5.91 Å². The van der Waals surface area contributed by atoms with Gasteiger partial charge in [0.05, 0.1) is 5.69 Å². The average molecular weight is 305 g/mol. The van der Waals surface area contributed by atoms with E-state index in [0.29, 0.717) is 6.54 Å². The Morgan fingerprint density at radius 3 is 2.62 bits per heavy atom. The molecule has 0 aliphatic rings. The molecular formula is C16H23N3OS. The molecule has 5 heteroatoms. The van der Waals surface area contributed by atoms with Crippen LogP contribution in [0.15, 0.2) is 11.4 Å². The molecule has 2 heterocycles. The summed E-state index contributed by atoms with van der Waals surface area (Å²) in [6, 6.07) is 1.71. The van der Waals surface area contributed by atoms with Gasteiger partial charge < -0.3 is 5.32 Å². The van der Waals surface area contributed by atoms with E-state index in [1.807, 2.05) is 26.8 Å². The van der Waals surface area contributed by atoms with Gasteiger partial charge in [0, 0.05) is 17.1 Å². The molecule has 0 saturated carbocycles. The fourth-order valence-corrected chi connectivity index (χ4v) is 3.35. The van der Waals surface area contributed by atoms with Crippen molar-refractivity contribution in [3.05, 3.63) is 38.8 Å². The third-order valence-corrected chi connectivity index (χ3v) is 4.93. The molecule has 0 fully saturated rings. The quantitative estimate of drug-likeness (QED) is 0.922. The van der Waals surface area contributed by atoms with Crippen LogP contribution in [0.1, 0.15) is 40.4 Å². The summed E-state index contributed by atoms with van der Waals surface area (Å²) in [6.07, 6.45) is 0.881. The Bertz CT molecular complexity index is 642. The number of nitrogens with zero attached hydrogens (tertiary/aromatic N) is 2. The number of aromatic nitrogens is 2. The maximum atomic E-state index is 12.2. The van der Waals surface area contributed by atoms with Crippen molar-refractivity contribution < 1.29 is 4.79 Å². The number of hydrogen-bond donors (Lipinski definition) is 1. The Balaban J connectivity index is 1.90. The summed E-state index contributed by atoms with van der Waals surface area (Å²) in [5, 5.41) is 9.56. The van der Waals surface area contributed by atoms with Gasteiger partial charge in [-0.2, -0.15) is 5.10 Å². The normalized spacial score (nSPS) is 12.4. The van der Waals surface area contributed by atoms with Crippen LogP contribution in [0.5, 0.6) is 0 Å². The van der Waals surface area contributed by atoms with Crippen molar-refractivity contribution in [1.82, 2.24) is 15.1 Å². The lowest BCUT2D eigenvalue weighted by Crippen LogP contribution is -2.33. The van der Waals surface area contributed by atoms with Gasteiger partial charge in [-0.15, -0.1) is 11.3 Å². The number of aryl methyl sites for hydroxylation is 3. The fraction of sp³-hybridized carbons (Fsp3) is 0.500. The Labute approximate surface area is 130 Å². The Morgan fingerprint density at radius 2 is 2.10 bits per heavy atom. The van der Waals surface area contributed by atoms with E-state index in [4.69, 9.17) is 0 Å². The smallest absolute Gasteiger partial charge is 0.244 e. The molecule has 0 aliphatic carbocycles. The van der Waals surface area contributed by atoms with E-state index in [1.165, 1.54) is 16.0 Å². The molecule has 114 valence electrons. The van der Waals surface area contributed by atoms with Crippen molar-refractivity contribution in [3.63, 3.8) is 0 Å². The van der Waals surface area contributed by atoms with Crippen molar-refractivity contribution in [2.75, 3.05) is 6.54 Å². The third-order valence-electron chi connectivity index (χ3n) is 3.87. The minimum atomic E-state index is -0.274. The van der Waals surface area contributed by atoms with E-state index in [1.54, 1.807) is 16.0 Å². The molecule has 4 nitrogen and oxygen atoms in total. The van der Waals surface area contributed by atoms with Crippen LogP contribution in [-0.4, -0.2) is 22.2 Å². The molecule has 0 aromatic carbocycles. The van der Waals surface area contributed by atoms with Gasteiger partial charge in [0.1, 0.15) is 6.04 Å². The molecule has 1 atom stereocenters. The van der Waals surface area contributed by atoms with Gasteiger partial charge in [-0.3, -0.25) is 9.48 Å². The monoisotopic (exact) mass is 305 g/mol. The number of hydrogen-bond acceptors (Lipinski definition) is 3. The molecule has 0 radical (unpaired) electrons. The van der Waals surface area contributed by atoms with Gasteiger partial charge in [0.25, 0.3) is 0 Å². The molecule has 0 saturated heterocycles. The maximum absolute atomic E-state index is 12.2. The molecule has 0 bridgehead atoms. The summed E-state index contributed by atoms with van der Waals surface area (Å²) >= 11 is 1.77. The predicted octanol–water partition coefficient (Wildman–Crippen LogP) is 3.10. The van der Waals surface area contributed by atoms with Crippen LogP contribution in [0.25, 0.3) is 0 Å². The number of amides is 1. The number of carbonyl (C=O) groups excluding carboxylic acids is 1. The van der Waals surface area contributed by atoms with Crippen LogP contribution in [0, 0.1) is 27.7 Å². The molecule has 2 rings (SSSR count). The summed E-state index contributed by atoms with van der Waals surface area (Å²) < 4.78 is 1.78. The number of rotatable bonds is 5. The van der Waals surface area contributed by atoms with E-state index < -0.39 is 0 Å². The summed E-state index contributed by atoms with van der Waals surface area (Å²) in [5.74, 6) is 0.0193. The van der Waals surface area contributed by atoms with Gasteiger partial charge >= 0.3 is 0 Å². The lowest BCUT2D eigenvalue weighted by Gasteiger charge is -2.14. The van der Waals surface area contributed by atoms with Crippen LogP contribution in [0.2, 0.25) is 0 Å². The highest BCUT2D eigenvalue weighted by Gasteiger charge is 2.17. The molecule has 2 aromatic heterocycles. The van der Waals surface area contributed by atoms with Crippen molar-refractivity contribution in [2.45, 2.75) is 47.1 Å². The maximum Gasteiger partial charge on any atom is 0.244 e. The largest absolute Gasteiger partial charge is 0.354 e. The summed E-state index contributed by atoms with van der Waals surface area (Å²) in [4.78, 5) is 13.6. The second kappa shape index (κ2) is 6.43. The first-order chi connectivity index (χ1) is 9.90. The Morgan fingerprint density at radius 1 is 1.38 bits per heavy atom. The zero-order valence-electron chi connectivity index (χ0n) is 13.4. The van der Waals surface area contributed by atoms with E-state index in [0.717, 1.165) is 17.8 Å². The molecule has 0 spiro atoms. The summed E-state index contributed by atoms with van der Waals surface area (Å²) in [7, 11) is 0. The van der Waals surface area contributed by atoms with Crippen molar-refractivity contribution in [3.8, 4) is 0 Å². The van der Waals surface area contributed by atoms with Crippen molar-refractivity contribution in [1.29, 1.82) is 0 Å². The van der Waals surface area contributed by atoms with E-state index >= 15 is 0 Å². The molecule has 21 heavy (non-hydrogen) atoms. The first-order valence-electron chi connectivity index (χ1n) is 7.24.